The molecular weight excluding hydrogens is 254 g/mol. The summed E-state index contributed by atoms with van der Waals surface area (Å²) in [5, 5.41) is 9.93. The van der Waals surface area contributed by atoms with Gasteiger partial charge in [0, 0.05) is 19.6 Å². The molecule has 4 N–H and O–H groups in total. The molecule has 1 aliphatic heterocycles. The van der Waals surface area contributed by atoms with Gasteiger partial charge in [-0.2, -0.15) is 0 Å². The van der Waals surface area contributed by atoms with Crippen LogP contribution >= 0.6 is 0 Å². The van der Waals surface area contributed by atoms with Gasteiger partial charge in [-0.3, -0.25) is 15.1 Å². The van der Waals surface area contributed by atoms with E-state index in [0.29, 0.717) is 6.42 Å². The zero-order valence-electron chi connectivity index (χ0n) is 11.9. The van der Waals surface area contributed by atoms with Crippen LogP contribution < -0.4 is 11.3 Å². The molecule has 0 aliphatic carbocycles. The Morgan fingerprint density at radius 3 is 2.40 bits per heavy atom. The van der Waals surface area contributed by atoms with E-state index in [4.69, 9.17) is 5.84 Å². The van der Waals surface area contributed by atoms with Crippen LogP contribution in [0.25, 0.3) is 0 Å². The van der Waals surface area contributed by atoms with Crippen LogP contribution in [-0.4, -0.2) is 34.6 Å². The Hall–Kier alpha value is -1.43. The minimum atomic E-state index is -0.504. The van der Waals surface area contributed by atoms with E-state index in [2.05, 4.69) is 10.3 Å². The molecule has 1 aliphatic rings. The normalized spacial score (nSPS) is 18.8. The topological polar surface area (TPSA) is 78.6 Å². The van der Waals surface area contributed by atoms with Crippen LogP contribution in [0.2, 0.25) is 0 Å². The number of nitrogens with zero attached hydrogens (tertiary/aromatic N) is 1. The molecule has 0 bridgehead atoms. The van der Waals surface area contributed by atoms with Crippen molar-refractivity contribution in [2.45, 2.75) is 38.3 Å². The van der Waals surface area contributed by atoms with Gasteiger partial charge in [-0.1, -0.05) is 24.3 Å². The van der Waals surface area contributed by atoms with Crippen molar-refractivity contribution in [3.05, 3.63) is 35.4 Å². The van der Waals surface area contributed by atoms with E-state index in [9.17, 15) is 9.90 Å². The van der Waals surface area contributed by atoms with E-state index < -0.39 is 5.60 Å². The minimum absolute atomic E-state index is 0.184. The monoisotopic (exact) mass is 277 g/mol. The molecule has 0 spiro atoms. The highest BCUT2D eigenvalue weighted by Crippen LogP contribution is 2.22. The molecule has 1 saturated heterocycles. The first-order valence-electron chi connectivity index (χ1n) is 7.00. The smallest absolute Gasteiger partial charge is 0.238 e. The van der Waals surface area contributed by atoms with E-state index >= 15 is 0 Å². The maximum atomic E-state index is 11.2. The molecule has 0 aromatic heterocycles. The number of nitrogens with one attached hydrogen (secondary N) is 1. The molecule has 0 radical (unpaired) electrons. The third kappa shape index (κ3) is 4.30. The molecule has 1 aromatic carbocycles. The van der Waals surface area contributed by atoms with Crippen LogP contribution in [0.15, 0.2) is 24.3 Å². The summed E-state index contributed by atoms with van der Waals surface area (Å²) in [6.07, 6.45) is 1.95. The number of amides is 1. The van der Waals surface area contributed by atoms with Crippen LogP contribution in [0.3, 0.4) is 0 Å². The van der Waals surface area contributed by atoms with Crippen molar-refractivity contribution in [2.75, 3.05) is 13.1 Å². The SMILES string of the molecule is CC1(O)CCN(Cc2ccc(CC(=O)NN)cc2)CC1. The number of aliphatic hydroxyl groups is 1. The number of hydrogen-bond donors (Lipinski definition) is 3. The van der Waals surface area contributed by atoms with Gasteiger partial charge in [0.15, 0.2) is 0 Å². The van der Waals surface area contributed by atoms with Crippen molar-refractivity contribution in [1.82, 2.24) is 10.3 Å². The first kappa shape index (κ1) is 15.0. The van der Waals surface area contributed by atoms with Gasteiger partial charge >= 0.3 is 0 Å². The Labute approximate surface area is 119 Å². The van der Waals surface area contributed by atoms with Gasteiger partial charge in [-0.25, -0.2) is 5.84 Å². The molecule has 1 amide bonds. The van der Waals surface area contributed by atoms with Gasteiger partial charge in [-0.15, -0.1) is 0 Å². The maximum absolute atomic E-state index is 11.2. The summed E-state index contributed by atoms with van der Waals surface area (Å²) < 4.78 is 0. The van der Waals surface area contributed by atoms with E-state index in [1.807, 2.05) is 31.2 Å². The second kappa shape index (κ2) is 6.35. The summed E-state index contributed by atoms with van der Waals surface area (Å²) in [7, 11) is 0. The average molecular weight is 277 g/mol. The Morgan fingerprint density at radius 2 is 1.85 bits per heavy atom. The molecule has 110 valence electrons. The van der Waals surface area contributed by atoms with Gasteiger partial charge in [0.1, 0.15) is 0 Å². The Balaban J connectivity index is 1.86. The number of hydrogen-bond acceptors (Lipinski definition) is 4. The summed E-state index contributed by atoms with van der Waals surface area (Å²) in [6.45, 7) is 4.63. The van der Waals surface area contributed by atoms with E-state index in [-0.39, 0.29) is 5.91 Å². The molecule has 0 unspecified atom stereocenters. The first-order chi connectivity index (χ1) is 9.48. The highest BCUT2D eigenvalue weighted by molar-refractivity contribution is 5.77. The van der Waals surface area contributed by atoms with Crippen molar-refractivity contribution in [3.8, 4) is 0 Å². The third-order valence-electron chi connectivity index (χ3n) is 3.89. The summed E-state index contributed by atoms with van der Waals surface area (Å²) in [4.78, 5) is 13.5. The highest BCUT2D eigenvalue weighted by Gasteiger charge is 2.26. The fraction of sp³-hybridized carbons (Fsp3) is 0.533. The Bertz CT molecular complexity index is 447. The highest BCUT2D eigenvalue weighted by atomic mass is 16.3. The lowest BCUT2D eigenvalue weighted by Crippen LogP contribution is -2.41. The van der Waals surface area contributed by atoms with Crippen LogP contribution in [-0.2, 0) is 17.8 Å². The number of likely N-dealkylation sites (tertiary alicyclic amines) is 1. The van der Waals surface area contributed by atoms with Crippen molar-refractivity contribution in [2.24, 2.45) is 5.84 Å². The number of hydrazine groups is 1. The zero-order chi connectivity index (χ0) is 14.6. The molecule has 20 heavy (non-hydrogen) atoms. The fourth-order valence-electron chi connectivity index (χ4n) is 2.45. The van der Waals surface area contributed by atoms with E-state index in [1.54, 1.807) is 0 Å². The largest absolute Gasteiger partial charge is 0.390 e. The van der Waals surface area contributed by atoms with Gasteiger partial charge in [-0.05, 0) is 30.9 Å². The van der Waals surface area contributed by atoms with Crippen LogP contribution in [0.4, 0.5) is 0 Å². The van der Waals surface area contributed by atoms with Crippen LogP contribution in [0.5, 0.6) is 0 Å². The van der Waals surface area contributed by atoms with E-state index in [0.717, 1.165) is 38.0 Å². The molecule has 5 heteroatoms. The van der Waals surface area contributed by atoms with Crippen LogP contribution in [0.1, 0.15) is 30.9 Å². The lowest BCUT2D eigenvalue weighted by Gasteiger charge is -2.35. The molecule has 1 heterocycles. The lowest BCUT2D eigenvalue weighted by atomic mass is 9.93. The van der Waals surface area contributed by atoms with Gasteiger partial charge < -0.3 is 5.11 Å². The average Bonchev–Trinajstić information content (AvgIpc) is 2.43. The number of carbonyl (C=O) groups excluding carboxylic acids is 1. The van der Waals surface area contributed by atoms with Crippen LogP contribution in [0, 0.1) is 0 Å². The Morgan fingerprint density at radius 1 is 1.30 bits per heavy atom. The van der Waals surface area contributed by atoms with Crippen molar-refractivity contribution in [3.63, 3.8) is 0 Å². The third-order valence-corrected chi connectivity index (χ3v) is 3.89. The molecule has 2 rings (SSSR count). The Kier molecular flexibility index (Phi) is 4.75. The number of nitrogens with two attached hydrogens (primary N) is 1. The summed E-state index contributed by atoms with van der Waals surface area (Å²) in [5.41, 5.74) is 3.81. The van der Waals surface area contributed by atoms with Crippen molar-refractivity contribution >= 4 is 5.91 Å². The minimum Gasteiger partial charge on any atom is -0.390 e. The first-order valence-corrected chi connectivity index (χ1v) is 7.00. The number of carbonyl (C=O) groups is 1. The maximum Gasteiger partial charge on any atom is 0.238 e. The molecule has 5 nitrogen and oxygen atoms in total. The van der Waals surface area contributed by atoms with Gasteiger partial charge in [0.2, 0.25) is 5.91 Å². The molecule has 0 atom stereocenters. The molecular formula is C15H23N3O2. The summed E-state index contributed by atoms with van der Waals surface area (Å²) in [5.74, 6) is 4.88. The zero-order valence-corrected chi connectivity index (χ0v) is 11.9. The second-order valence-corrected chi connectivity index (χ2v) is 5.83. The molecule has 0 saturated carbocycles. The molecule has 1 aromatic rings. The number of benzene rings is 1. The van der Waals surface area contributed by atoms with Crippen molar-refractivity contribution < 1.29 is 9.90 Å². The predicted octanol–water partition coefficient (Wildman–Crippen LogP) is 0.566. The van der Waals surface area contributed by atoms with Crippen molar-refractivity contribution in [1.29, 1.82) is 0 Å². The van der Waals surface area contributed by atoms with Gasteiger partial charge in [0.25, 0.3) is 0 Å². The quantitative estimate of drug-likeness (QED) is 0.427. The lowest BCUT2D eigenvalue weighted by molar-refractivity contribution is -0.120. The summed E-state index contributed by atoms with van der Waals surface area (Å²) >= 11 is 0. The van der Waals surface area contributed by atoms with Gasteiger partial charge in [0.05, 0.1) is 12.0 Å². The predicted molar refractivity (Wildman–Crippen MR) is 77.6 cm³/mol. The second-order valence-electron chi connectivity index (χ2n) is 5.83. The number of rotatable bonds is 4. The molecule has 1 fully saturated rings. The fourth-order valence-corrected chi connectivity index (χ4v) is 2.45. The summed E-state index contributed by atoms with van der Waals surface area (Å²) in [6, 6.07) is 8.02. The van der Waals surface area contributed by atoms with E-state index in [1.165, 1.54) is 5.56 Å². The number of piperidine rings is 1. The standard InChI is InChI=1S/C15H23N3O2/c1-15(20)6-8-18(9-7-15)11-13-4-2-12(3-5-13)10-14(19)17-16/h2-5,20H,6-11,16H2,1H3,(H,17,19).